The Balaban J connectivity index is 2.36. The Morgan fingerprint density at radius 3 is 2.67 bits per heavy atom. The molecule has 6 heteroatoms. The molecule has 1 saturated heterocycles. The van der Waals surface area contributed by atoms with Crippen LogP contribution in [0.25, 0.3) is 0 Å². The molecule has 1 atom stereocenters. The standard InChI is InChI=1S/C9H18N2O3S/c1-9(3-4-10-7-9)8(12)11-5-6-15(2,13)14/h10H,3-7H2,1-2H3,(H,11,12). The lowest BCUT2D eigenvalue weighted by Gasteiger charge is -2.21. The van der Waals surface area contributed by atoms with Gasteiger partial charge in [0.15, 0.2) is 0 Å². The molecule has 0 aliphatic carbocycles. The minimum Gasteiger partial charge on any atom is -0.355 e. The zero-order valence-corrected chi connectivity index (χ0v) is 9.99. The molecule has 15 heavy (non-hydrogen) atoms. The van der Waals surface area contributed by atoms with Gasteiger partial charge in [0.2, 0.25) is 5.91 Å². The fourth-order valence-corrected chi connectivity index (χ4v) is 2.05. The highest BCUT2D eigenvalue weighted by atomic mass is 32.2. The Hall–Kier alpha value is -0.620. The molecule has 0 radical (unpaired) electrons. The first-order chi connectivity index (χ1) is 6.83. The van der Waals surface area contributed by atoms with E-state index in [0.29, 0.717) is 6.54 Å². The first-order valence-corrected chi connectivity index (χ1v) is 7.06. The van der Waals surface area contributed by atoms with E-state index in [2.05, 4.69) is 10.6 Å². The summed E-state index contributed by atoms with van der Waals surface area (Å²) in [7, 11) is -2.99. The fourth-order valence-electron chi connectivity index (χ4n) is 1.57. The van der Waals surface area contributed by atoms with E-state index in [1.807, 2.05) is 6.92 Å². The highest BCUT2D eigenvalue weighted by molar-refractivity contribution is 7.90. The summed E-state index contributed by atoms with van der Waals surface area (Å²) < 4.78 is 21.7. The Kier molecular flexibility index (Phi) is 3.72. The molecule has 0 aromatic rings. The first-order valence-electron chi connectivity index (χ1n) is 5.00. The molecule has 0 aromatic carbocycles. The van der Waals surface area contributed by atoms with Gasteiger partial charge in [-0.3, -0.25) is 4.79 Å². The maximum Gasteiger partial charge on any atom is 0.227 e. The van der Waals surface area contributed by atoms with Gasteiger partial charge in [0, 0.05) is 19.3 Å². The van der Waals surface area contributed by atoms with Crippen LogP contribution in [0.15, 0.2) is 0 Å². The summed E-state index contributed by atoms with van der Waals surface area (Å²) >= 11 is 0. The molecule has 1 fully saturated rings. The number of carbonyl (C=O) groups excluding carboxylic acids is 1. The van der Waals surface area contributed by atoms with Crippen LogP contribution in [0.4, 0.5) is 0 Å². The Morgan fingerprint density at radius 1 is 1.53 bits per heavy atom. The van der Waals surface area contributed by atoms with Gasteiger partial charge in [0.1, 0.15) is 9.84 Å². The van der Waals surface area contributed by atoms with E-state index in [9.17, 15) is 13.2 Å². The monoisotopic (exact) mass is 234 g/mol. The summed E-state index contributed by atoms with van der Waals surface area (Å²) in [5.41, 5.74) is -0.377. The number of nitrogens with one attached hydrogen (secondary N) is 2. The van der Waals surface area contributed by atoms with Crippen molar-refractivity contribution in [3.8, 4) is 0 Å². The van der Waals surface area contributed by atoms with Crippen LogP contribution in [-0.4, -0.2) is 46.0 Å². The molecule has 1 heterocycles. The van der Waals surface area contributed by atoms with E-state index in [4.69, 9.17) is 0 Å². The van der Waals surface area contributed by atoms with Gasteiger partial charge >= 0.3 is 0 Å². The molecule has 1 rings (SSSR count). The number of sulfone groups is 1. The molecule has 0 saturated carbocycles. The third-order valence-corrected chi connectivity index (χ3v) is 3.62. The fraction of sp³-hybridized carbons (Fsp3) is 0.889. The van der Waals surface area contributed by atoms with Gasteiger partial charge in [-0.1, -0.05) is 0 Å². The second kappa shape index (κ2) is 4.49. The molecule has 2 N–H and O–H groups in total. The second-order valence-electron chi connectivity index (χ2n) is 4.37. The summed E-state index contributed by atoms with van der Waals surface area (Å²) in [6, 6.07) is 0. The van der Waals surface area contributed by atoms with Gasteiger partial charge in [0.25, 0.3) is 0 Å². The van der Waals surface area contributed by atoms with E-state index in [1.54, 1.807) is 0 Å². The normalized spacial score (nSPS) is 26.5. The van der Waals surface area contributed by atoms with Crippen LogP contribution in [0, 0.1) is 5.41 Å². The lowest BCUT2D eigenvalue weighted by atomic mass is 9.89. The maximum absolute atomic E-state index is 11.7. The van der Waals surface area contributed by atoms with Crippen molar-refractivity contribution in [1.82, 2.24) is 10.6 Å². The molecule has 1 unspecified atom stereocenters. The maximum atomic E-state index is 11.7. The molecular formula is C9H18N2O3S. The minimum absolute atomic E-state index is 0.00223. The number of amides is 1. The van der Waals surface area contributed by atoms with E-state index < -0.39 is 9.84 Å². The summed E-state index contributed by atoms with van der Waals surface area (Å²) in [6.07, 6.45) is 1.97. The topological polar surface area (TPSA) is 75.3 Å². The summed E-state index contributed by atoms with van der Waals surface area (Å²) in [5.74, 6) is -0.0569. The lowest BCUT2D eigenvalue weighted by molar-refractivity contribution is -0.129. The third-order valence-electron chi connectivity index (χ3n) is 2.68. The molecule has 0 aromatic heterocycles. The highest BCUT2D eigenvalue weighted by Gasteiger charge is 2.35. The molecule has 1 aliphatic rings. The van der Waals surface area contributed by atoms with Crippen LogP contribution < -0.4 is 10.6 Å². The lowest BCUT2D eigenvalue weighted by Crippen LogP contribution is -2.42. The van der Waals surface area contributed by atoms with Crippen molar-refractivity contribution in [3.63, 3.8) is 0 Å². The highest BCUT2D eigenvalue weighted by Crippen LogP contribution is 2.24. The predicted molar refractivity (Wildman–Crippen MR) is 58.3 cm³/mol. The molecule has 1 aliphatic heterocycles. The molecule has 5 nitrogen and oxygen atoms in total. The van der Waals surface area contributed by atoms with Crippen molar-refractivity contribution < 1.29 is 13.2 Å². The largest absolute Gasteiger partial charge is 0.355 e. The van der Waals surface area contributed by atoms with Crippen LogP contribution in [0.1, 0.15) is 13.3 Å². The molecule has 0 spiro atoms. The Labute approximate surface area is 90.5 Å². The van der Waals surface area contributed by atoms with Crippen molar-refractivity contribution in [3.05, 3.63) is 0 Å². The van der Waals surface area contributed by atoms with Gasteiger partial charge in [-0.2, -0.15) is 0 Å². The second-order valence-corrected chi connectivity index (χ2v) is 6.63. The number of hydrogen-bond donors (Lipinski definition) is 2. The van der Waals surface area contributed by atoms with Crippen molar-refractivity contribution in [2.45, 2.75) is 13.3 Å². The van der Waals surface area contributed by atoms with Crippen LogP contribution in [0.2, 0.25) is 0 Å². The average molecular weight is 234 g/mol. The van der Waals surface area contributed by atoms with Crippen LogP contribution in [0.3, 0.4) is 0 Å². The SMILES string of the molecule is CC1(C(=O)NCCS(C)(=O)=O)CCNC1. The molecule has 0 bridgehead atoms. The number of rotatable bonds is 4. The van der Waals surface area contributed by atoms with Gasteiger partial charge in [0.05, 0.1) is 11.2 Å². The smallest absolute Gasteiger partial charge is 0.227 e. The number of carbonyl (C=O) groups is 1. The van der Waals surface area contributed by atoms with Crippen LogP contribution in [-0.2, 0) is 14.6 Å². The van der Waals surface area contributed by atoms with Crippen molar-refractivity contribution >= 4 is 15.7 Å². The third kappa shape index (κ3) is 3.79. The van der Waals surface area contributed by atoms with Crippen molar-refractivity contribution in [2.75, 3.05) is 31.6 Å². The van der Waals surface area contributed by atoms with Gasteiger partial charge in [-0.05, 0) is 19.9 Å². The predicted octanol–water partition coefficient (Wildman–Crippen LogP) is -0.853. The van der Waals surface area contributed by atoms with Crippen molar-refractivity contribution in [2.24, 2.45) is 5.41 Å². The first kappa shape index (κ1) is 12.4. The van der Waals surface area contributed by atoms with E-state index in [1.165, 1.54) is 0 Å². The summed E-state index contributed by atoms with van der Waals surface area (Å²) in [5, 5.41) is 5.78. The summed E-state index contributed by atoms with van der Waals surface area (Å²) in [4.78, 5) is 11.7. The quantitative estimate of drug-likeness (QED) is 0.664. The minimum atomic E-state index is -2.99. The van der Waals surface area contributed by atoms with Gasteiger partial charge in [-0.25, -0.2) is 8.42 Å². The van der Waals surface area contributed by atoms with Crippen LogP contribution >= 0.6 is 0 Å². The van der Waals surface area contributed by atoms with E-state index in [0.717, 1.165) is 19.2 Å². The molecule has 1 amide bonds. The number of hydrogen-bond acceptors (Lipinski definition) is 4. The van der Waals surface area contributed by atoms with Crippen LogP contribution in [0.5, 0.6) is 0 Å². The summed E-state index contributed by atoms with van der Waals surface area (Å²) in [6.45, 7) is 3.60. The molecule has 88 valence electrons. The van der Waals surface area contributed by atoms with Gasteiger partial charge < -0.3 is 10.6 Å². The Morgan fingerprint density at radius 2 is 2.20 bits per heavy atom. The van der Waals surface area contributed by atoms with E-state index in [-0.39, 0.29) is 23.6 Å². The van der Waals surface area contributed by atoms with Crippen molar-refractivity contribution in [1.29, 1.82) is 0 Å². The molecular weight excluding hydrogens is 216 g/mol. The zero-order chi connectivity index (χ0) is 11.5. The Bertz CT molecular complexity index is 331. The van der Waals surface area contributed by atoms with E-state index >= 15 is 0 Å². The van der Waals surface area contributed by atoms with Gasteiger partial charge in [-0.15, -0.1) is 0 Å². The average Bonchev–Trinajstić information content (AvgIpc) is 2.51. The zero-order valence-electron chi connectivity index (χ0n) is 9.17.